The second-order valence-electron chi connectivity index (χ2n) is 5.53. The van der Waals surface area contributed by atoms with Gasteiger partial charge in [-0.3, -0.25) is 4.79 Å². The van der Waals surface area contributed by atoms with Crippen molar-refractivity contribution in [3.05, 3.63) is 24.1 Å². The molecule has 1 aliphatic heterocycles. The summed E-state index contributed by atoms with van der Waals surface area (Å²) in [6, 6.07) is 5.49. The van der Waals surface area contributed by atoms with Gasteiger partial charge in [-0.2, -0.15) is 0 Å². The van der Waals surface area contributed by atoms with Crippen LogP contribution in [0.5, 0.6) is 0 Å². The van der Waals surface area contributed by atoms with Crippen molar-refractivity contribution in [3.63, 3.8) is 0 Å². The van der Waals surface area contributed by atoms with Gasteiger partial charge in [0.1, 0.15) is 5.52 Å². The smallest absolute Gasteiger partial charge is 0.241 e. The van der Waals surface area contributed by atoms with Crippen molar-refractivity contribution in [1.29, 1.82) is 0 Å². The number of aromatic nitrogens is 1. The zero-order valence-corrected chi connectivity index (χ0v) is 11.8. The van der Waals surface area contributed by atoms with Crippen LogP contribution in [0.15, 0.2) is 22.6 Å². The number of benzene rings is 1. The number of anilines is 1. The molecule has 106 valence electrons. The van der Waals surface area contributed by atoms with Crippen LogP contribution < -0.4 is 10.6 Å². The molecule has 2 aromatic rings. The first-order valence-corrected chi connectivity index (χ1v) is 7.08. The summed E-state index contributed by atoms with van der Waals surface area (Å²) in [6.45, 7) is 5.00. The number of hydrogen-bond acceptors (Lipinski definition) is 4. The van der Waals surface area contributed by atoms with Gasteiger partial charge in [0.25, 0.3) is 0 Å². The van der Waals surface area contributed by atoms with Crippen LogP contribution >= 0.6 is 0 Å². The number of amides is 1. The minimum absolute atomic E-state index is 0.0226. The van der Waals surface area contributed by atoms with Gasteiger partial charge in [0.2, 0.25) is 5.91 Å². The zero-order chi connectivity index (χ0) is 14.1. The Morgan fingerprint density at radius 3 is 3.05 bits per heavy atom. The van der Waals surface area contributed by atoms with Crippen molar-refractivity contribution < 1.29 is 9.21 Å². The lowest BCUT2D eigenvalue weighted by Gasteiger charge is -2.10. The van der Waals surface area contributed by atoms with Gasteiger partial charge in [-0.1, -0.05) is 13.8 Å². The van der Waals surface area contributed by atoms with E-state index >= 15 is 0 Å². The highest BCUT2D eigenvalue weighted by molar-refractivity contribution is 5.96. The highest BCUT2D eigenvalue weighted by Crippen LogP contribution is 2.24. The molecule has 0 unspecified atom stereocenters. The number of rotatable bonds is 3. The van der Waals surface area contributed by atoms with Gasteiger partial charge in [-0.05, 0) is 37.6 Å². The van der Waals surface area contributed by atoms with Gasteiger partial charge in [-0.25, -0.2) is 4.98 Å². The Balaban J connectivity index is 1.79. The van der Waals surface area contributed by atoms with E-state index in [-0.39, 0.29) is 17.9 Å². The monoisotopic (exact) mass is 273 g/mol. The molecule has 1 atom stereocenters. The summed E-state index contributed by atoms with van der Waals surface area (Å²) >= 11 is 0. The van der Waals surface area contributed by atoms with Gasteiger partial charge < -0.3 is 15.1 Å². The predicted molar refractivity (Wildman–Crippen MR) is 77.8 cm³/mol. The largest absolute Gasteiger partial charge is 0.440 e. The molecule has 20 heavy (non-hydrogen) atoms. The third-order valence-electron chi connectivity index (χ3n) is 3.54. The maximum absolute atomic E-state index is 12.0. The molecule has 2 heterocycles. The minimum atomic E-state index is -0.0748. The number of fused-ring (bicyclic) bond motifs is 1. The van der Waals surface area contributed by atoms with E-state index in [0.717, 1.165) is 42.1 Å². The van der Waals surface area contributed by atoms with E-state index in [9.17, 15) is 4.79 Å². The van der Waals surface area contributed by atoms with Crippen LogP contribution in [-0.2, 0) is 4.79 Å². The third kappa shape index (κ3) is 2.54. The molecule has 3 rings (SSSR count). The number of carbonyl (C=O) groups is 1. The average Bonchev–Trinajstić information content (AvgIpc) is 3.07. The van der Waals surface area contributed by atoms with Crippen molar-refractivity contribution in [2.24, 2.45) is 0 Å². The summed E-state index contributed by atoms with van der Waals surface area (Å²) in [5, 5.41) is 6.12. The van der Waals surface area contributed by atoms with E-state index in [2.05, 4.69) is 15.6 Å². The van der Waals surface area contributed by atoms with Gasteiger partial charge in [0.05, 0.1) is 6.04 Å². The second-order valence-corrected chi connectivity index (χ2v) is 5.53. The van der Waals surface area contributed by atoms with Crippen LogP contribution in [0.1, 0.15) is 38.5 Å². The van der Waals surface area contributed by atoms with Gasteiger partial charge in [0, 0.05) is 11.6 Å². The van der Waals surface area contributed by atoms with Crippen LogP contribution in [-0.4, -0.2) is 23.5 Å². The predicted octanol–water partition coefficient (Wildman–Crippen LogP) is 2.64. The lowest BCUT2D eigenvalue weighted by atomic mass is 10.2. The lowest BCUT2D eigenvalue weighted by Crippen LogP contribution is -2.35. The first-order valence-electron chi connectivity index (χ1n) is 7.08. The molecule has 0 bridgehead atoms. The molecule has 0 radical (unpaired) electrons. The number of hydrogen-bond donors (Lipinski definition) is 2. The molecule has 1 amide bonds. The molecular weight excluding hydrogens is 254 g/mol. The summed E-state index contributed by atoms with van der Waals surface area (Å²) in [7, 11) is 0. The molecule has 1 fully saturated rings. The van der Waals surface area contributed by atoms with E-state index in [0.29, 0.717) is 0 Å². The SMILES string of the molecule is CC(C)c1nc2cc(NC(=O)[C@@H]3CCCN3)ccc2o1. The Labute approximate surface area is 117 Å². The normalized spacial score (nSPS) is 18.9. The van der Waals surface area contributed by atoms with Crippen molar-refractivity contribution in [2.75, 3.05) is 11.9 Å². The fraction of sp³-hybridized carbons (Fsp3) is 0.467. The highest BCUT2D eigenvalue weighted by Gasteiger charge is 2.22. The van der Waals surface area contributed by atoms with Crippen LogP contribution in [0, 0.1) is 0 Å². The molecule has 0 saturated carbocycles. The Morgan fingerprint density at radius 2 is 2.35 bits per heavy atom. The van der Waals surface area contributed by atoms with Crippen LogP contribution in [0.3, 0.4) is 0 Å². The van der Waals surface area contributed by atoms with Gasteiger partial charge >= 0.3 is 0 Å². The zero-order valence-electron chi connectivity index (χ0n) is 11.8. The molecule has 1 aliphatic rings. The molecule has 5 heteroatoms. The fourth-order valence-corrected chi connectivity index (χ4v) is 2.41. The van der Waals surface area contributed by atoms with E-state index in [4.69, 9.17) is 4.42 Å². The number of oxazole rings is 1. The van der Waals surface area contributed by atoms with Gasteiger partial charge in [-0.15, -0.1) is 0 Å². The van der Waals surface area contributed by atoms with Crippen molar-refractivity contribution in [3.8, 4) is 0 Å². The van der Waals surface area contributed by atoms with Crippen molar-refractivity contribution in [1.82, 2.24) is 10.3 Å². The minimum Gasteiger partial charge on any atom is -0.440 e. The van der Waals surface area contributed by atoms with Crippen LogP contribution in [0.2, 0.25) is 0 Å². The molecule has 5 nitrogen and oxygen atoms in total. The number of carbonyl (C=O) groups excluding carboxylic acids is 1. The first kappa shape index (κ1) is 13.1. The summed E-state index contributed by atoms with van der Waals surface area (Å²) in [5.74, 6) is 0.999. The van der Waals surface area contributed by atoms with Crippen molar-refractivity contribution >= 4 is 22.7 Å². The Morgan fingerprint density at radius 1 is 1.50 bits per heavy atom. The van der Waals surface area contributed by atoms with Crippen LogP contribution in [0.4, 0.5) is 5.69 Å². The van der Waals surface area contributed by atoms with Crippen LogP contribution in [0.25, 0.3) is 11.1 Å². The summed E-state index contributed by atoms with van der Waals surface area (Å²) in [5.41, 5.74) is 2.30. The summed E-state index contributed by atoms with van der Waals surface area (Å²) in [6.07, 6.45) is 1.95. The first-order chi connectivity index (χ1) is 9.63. The number of nitrogens with zero attached hydrogens (tertiary/aromatic N) is 1. The Hall–Kier alpha value is -1.88. The fourth-order valence-electron chi connectivity index (χ4n) is 2.41. The molecule has 1 aromatic heterocycles. The average molecular weight is 273 g/mol. The lowest BCUT2D eigenvalue weighted by molar-refractivity contribution is -0.117. The molecule has 1 saturated heterocycles. The standard InChI is InChI=1S/C15H19N3O2/c1-9(2)15-18-12-8-10(5-6-13(12)20-15)17-14(19)11-4-3-7-16-11/h5-6,8-9,11,16H,3-4,7H2,1-2H3,(H,17,19)/t11-/m0/s1. The summed E-state index contributed by atoms with van der Waals surface area (Å²) < 4.78 is 5.65. The molecule has 2 N–H and O–H groups in total. The van der Waals surface area contributed by atoms with E-state index in [1.165, 1.54) is 0 Å². The van der Waals surface area contributed by atoms with Crippen molar-refractivity contribution in [2.45, 2.75) is 38.6 Å². The quantitative estimate of drug-likeness (QED) is 0.902. The maximum Gasteiger partial charge on any atom is 0.241 e. The molecule has 0 spiro atoms. The molecular formula is C15H19N3O2. The second kappa shape index (κ2) is 5.25. The third-order valence-corrected chi connectivity index (χ3v) is 3.54. The Bertz CT molecular complexity index is 627. The molecule has 0 aliphatic carbocycles. The maximum atomic E-state index is 12.0. The Kier molecular flexibility index (Phi) is 3.44. The van der Waals surface area contributed by atoms with Gasteiger partial charge in [0.15, 0.2) is 11.5 Å². The number of nitrogens with one attached hydrogen (secondary N) is 2. The van der Waals surface area contributed by atoms with E-state index in [1.54, 1.807) is 0 Å². The van der Waals surface area contributed by atoms with E-state index in [1.807, 2.05) is 32.0 Å². The topological polar surface area (TPSA) is 67.2 Å². The summed E-state index contributed by atoms with van der Waals surface area (Å²) in [4.78, 5) is 16.5. The highest BCUT2D eigenvalue weighted by atomic mass is 16.3. The van der Waals surface area contributed by atoms with E-state index < -0.39 is 0 Å². The molecule has 1 aromatic carbocycles.